The second kappa shape index (κ2) is 17.4. The normalized spacial score (nSPS) is 35.0. The number of carbonyl (C=O) groups is 5. The summed E-state index contributed by atoms with van der Waals surface area (Å²) < 4.78 is 72.8. The van der Waals surface area contributed by atoms with E-state index in [0.29, 0.717) is 37.1 Å². The highest BCUT2D eigenvalue weighted by Gasteiger charge is 2.77. The first-order chi connectivity index (χ1) is 30.2. The van der Waals surface area contributed by atoms with Gasteiger partial charge in [-0.25, -0.2) is 23.2 Å². The first-order valence-corrected chi connectivity index (χ1v) is 22.2. The molecule has 0 unspecified atom stereocenters. The van der Waals surface area contributed by atoms with Crippen molar-refractivity contribution < 1.29 is 76.1 Å². The summed E-state index contributed by atoms with van der Waals surface area (Å²) in [7, 11) is 3.40. The molecule has 0 spiro atoms. The fourth-order valence-electron chi connectivity index (χ4n) is 11.3. The van der Waals surface area contributed by atoms with Crippen molar-refractivity contribution in [3.05, 3.63) is 47.0 Å². The van der Waals surface area contributed by atoms with Gasteiger partial charge in [0.05, 0.1) is 30.1 Å². The van der Waals surface area contributed by atoms with Gasteiger partial charge in [0.1, 0.15) is 41.7 Å². The fraction of sp³-hybridized carbons (Fsp3) is 0.717. The van der Waals surface area contributed by atoms with Crippen LogP contribution in [0.25, 0.3) is 0 Å². The number of alkyl halides is 2. The maximum atomic E-state index is 14.5. The van der Waals surface area contributed by atoms with Crippen LogP contribution < -0.4 is 5.32 Å². The third-order valence-electron chi connectivity index (χ3n) is 14.5. The minimum atomic E-state index is -3.45. The topological polar surface area (TPSA) is 209 Å². The highest BCUT2D eigenvalue weighted by Crippen LogP contribution is 2.66. The molecule has 7 rings (SSSR count). The molecule has 0 radical (unpaired) electrons. The molecule has 65 heavy (non-hydrogen) atoms. The quantitative estimate of drug-likeness (QED) is 0.165. The first-order valence-electron chi connectivity index (χ1n) is 22.2. The van der Waals surface area contributed by atoms with Gasteiger partial charge in [0.25, 0.3) is 6.43 Å². The molecule has 3 saturated heterocycles. The van der Waals surface area contributed by atoms with Crippen LogP contribution in [0.4, 0.5) is 13.6 Å². The smallest absolute Gasteiger partial charge is 0.408 e. The van der Waals surface area contributed by atoms with Crippen molar-refractivity contribution in [1.82, 2.24) is 15.1 Å². The molecule has 17 nitrogen and oxygen atoms in total. The second-order valence-electron chi connectivity index (χ2n) is 20.5. The Bertz CT molecular complexity index is 2060. The number of amides is 2. The Kier molecular flexibility index (Phi) is 13.0. The molecule has 19 heteroatoms. The second-order valence-corrected chi connectivity index (χ2v) is 20.5. The summed E-state index contributed by atoms with van der Waals surface area (Å²) in [4.78, 5) is 70.4. The molecule has 2 amide bonds. The molecular formula is C46H63F2N3O14. The zero-order valence-corrected chi connectivity index (χ0v) is 38.6. The van der Waals surface area contributed by atoms with Gasteiger partial charge >= 0.3 is 24.0 Å². The van der Waals surface area contributed by atoms with E-state index in [2.05, 4.69) is 0 Å². The SMILES string of the molecule is CC(=O)O[C@@]12CO[C@@H]1CC[C@@]1(C)[C@@H]3O[C@H](CN4CC(C(=O)N(C)C)C4)O[C@@H]3C3=C(C)[C@@H](OC(=O)[C@H](O)[C@@H](NC(=O)OC(C)(C)C)C(F)F)C[C@@](O)([C@@H](OC(=O)c4ccccc4)[C@@H]12)C3(C)C. The Morgan fingerprint density at radius 3 is 2.26 bits per heavy atom. The van der Waals surface area contributed by atoms with Gasteiger partial charge in [-0.3, -0.25) is 14.5 Å². The number of benzene rings is 1. The molecule has 1 aromatic rings. The lowest BCUT2D eigenvalue weighted by Gasteiger charge is -2.68. The Balaban J connectivity index is 1.35. The van der Waals surface area contributed by atoms with Gasteiger partial charge in [0.2, 0.25) is 5.91 Å². The van der Waals surface area contributed by atoms with Gasteiger partial charge in [0, 0.05) is 57.9 Å². The number of aliphatic hydroxyl groups is 2. The maximum Gasteiger partial charge on any atom is 0.408 e. The summed E-state index contributed by atoms with van der Waals surface area (Å²) in [5, 5.41) is 26.8. The van der Waals surface area contributed by atoms with Crippen molar-refractivity contribution in [2.75, 3.05) is 40.3 Å². The summed E-state index contributed by atoms with van der Waals surface area (Å²) in [5.41, 5.74) is -6.38. The van der Waals surface area contributed by atoms with Crippen molar-refractivity contribution in [3.63, 3.8) is 0 Å². The minimum absolute atomic E-state index is 0.00642. The fourth-order valence-corrected chi connectivity index (χ4v) is 11.3. The number of hydrogen-bond donors (Lipinski definition) is 3. The molecule has 360 valence electrons. The average molecular weight is 920 g/mol. The van der Waals surface area contributed by atoms with Gasteiger partial charge in [-0.05, 0) is 63.8 Å². The number of esters is 3. The number of nitrogens with one attached hydrogen (secondary N) is 1. The lowest BCUT2D eigenvalue weighted by molar-refractivity contribution is -0.345. The van der Waals surface area contributed by atoms with Gasteiger partial charge in [0.15, 0.2) is 18.0 Å². The summed E-state index contributed by atoms with van der Waals surface area (Å²) >= 11 is 0. The molecule has 3 aliphatic heterocycles. The Morgan fingerprint density at radius 2 is 1.69 bits per heavy atom. The summed E-state index contributed by atoms with van der Waals surface area (Å²) in [6.45, 7) is 13.9. The number of fused-ring (bicyclic) bond motifs is 8. The third kappa shape index (κ3) is 8.65. The number of aliphatic hydroxyl groups excluding tert-OH is 1. The summed E-state index contributed by atoms with van der Waals surface area (Å²) in [6, 6.07) is 5.66. The van der Waals surface area contributed by atoms with E-state index in [1.807, 2.05) is 17.1 Å². The Labute approximate surface area is 377 Å². The van der Waals surface area contributed by atoms with Gasteiger partial charge < -0.3 is 53.6 Å². The van der Waals surface area contributed by atoms with E-state index in [1.54, 1.807) is 70.1 Å². The van der Waals surface area contributed by atoms with E-state index in [1.165, 1.54) is 27.7 Å². The number of likely N-dealkylation sites (tertiary alicyclic amines) is 1. The molecule has 3 aliphatic carbocycles. The van der Waals surface area contributed by atoms with Crippen molar-refractivity contribution in [3.8, 4) is 0 Å². The summed E-state index contributed by atoms with van der Waals surface area (Å²) in [6.07, 6.45) is -13.6. The zero-order chi connectivity index (χ0) is 47.8. The molecule has 3 N–H and O–H groups in total. The van der Waals surface area contributed by atoms with E-state index < -0.39 is 119 Å². The summed E-state index contributed by atoms with van der Waals surface area (Å²) in [5.74, 6) is -4.29. The van der Waals surface area contributed by atoms with Crippen molar-refractivity contribution >= 4 is 29.9 Å². The highest BCUT2D eigenvalue weighted by atomic mass is 19.3. The number of alkyl carbamates (subject to hydrolysis) is 1. The van der Waals surface area contributed by atoms with E-state index in [0.717, 1.165) is 0 Å². The minimum Gasteiger partial charge on any atom is -0.456 e. The standard InChI is InChI=1S/C46H63F2N3O14/c1-23-27(60-40(56)32(53)31(37(47)48)49-41(57)65-42(3,4)5)18-46(58)36(63-39(55)25-14-12-11-13-15-25)34-44(8,17-16-28-45(34,22-59-28)64-24(2)52)35-33(30(23)43(46,6)7)61-29(62-35)21-51-19-26(20-51)38(54)50(9)10/h11-15,26-29,31-37,53,58H,16-22H2,1-10H3,(H,49,57)/t27-,28+,29+,31+,32+,33+,34-,35+,36-,44+,45-,46+/m0/s1. The van der Waals surface area contributed by atoms with Crippen LogP contribution in [0.1, 0.15) is 85.0 Å². The van der Waals surface area contributed by atoms with Crippen LogP contribution in [0.3, 0.4) is 0 Å². The Hall–Kier alpha value is -4.27. The lowest BCUT2D eigenvalue weighted by Crippen LogP contribution is -2.79. The van der Waals surface area contributed by atoms with E-state index in [-0.39, 0.29) is 30.5 Å². The molecule has 12 atom stereocenters. The molecule has 3 heterocycles. The molecule has 6 aliphatic rings. The zero-order valence-electron chi connectivity index (χ0n) is 38.6. The van der Waals surface area contributed by atoms with E-state index in [4.69, 9.17) is 33.2 Å². The third-order valence-corrected chi connectivity index (χ3v) is 14.5. The number of rotatable bonds is 11. The monoisotopic (exact) mass is 919 g/mol. The van der Waals surface area contributed by atoms with Crippen LogP contribution in [0.2, 0.25) is 0 Å². The van der Waals surface area contributed by atoms with Crippen LogP contribution in [0.5, 0.6) is 0 Å². The van der Waals surface area contributed by atoms with E-state index >= 15 is 0 Å². The van der Waals surface area contributed by atoms with Gasteiger partial charge in [-0.15, -0.1) is 0 Å². The van der Waals surface area contributed by atoms with Crippen LogP contribution in [-0.2, 0) is 47.5 Å². The number of nitrogens with zero attached hydrogens (tertiary/aromatic N) is 2. The number of carbonyl (C=O) groups excluding carboxylic acids is 5. The molecular weight excluding hydrogens is 857 g/mol. The maximum absolute atomic E-state index is 14.5. The number of hydrogen-bond acceptors (Lipinski definition) is 15. The van der Waals surface area contributed by atoms with Gasteiger partial charge in [-0.2, -0.15) is 0 Å². The lowest BCUT2D eigenvalue weighted by atomic mass is 9.45. The van der Waals surface area contributed by atoms with Crippen LogP contribution in [0.15, 0.2) is 41.5 Å². The first kappa shape index (κ1) is 48.7. The number of halogens is 2. The molecule has 2 saturated carbocycles. The number of ether oxygens (including phenoxy) is 7. The predicted octanol–water partition coefficient (Wildman–Crippen LogP) is 3.38. The molecule has 2 bridgehead atoms. The van der Waals surface area contributed by atoms with Crippen LogP contribution in [-0.4, -0.2) is 162 Å². The largest absolute Gasteiger partial charge is 0.456 e. The van der Waals surface area contributed by atoms with Crippen LogP contribution in [0, 0.1) is 22.7 Å². The average Bonchev–Trinajstić information content (AvgIpc) is 3.60. The van der Waals surface area contributed by atoms with Crippen molar-refractivity contribution in [2.45, 2.75) is 147 Å². The molecule has 1 aromatic carbocycles. The van der Waals surface area contributed by atoms with E-state index in [9.17, 15) is 43.0 Å². The van der Waals surface area contributed by atoms with Crippen LogP contribution >= 0.6 is 0 Å². The predicted molar refractivity (Wildman–Crippen MR) is 224 cm³/mol. The van der Waals surface area contributed by atoms with Gasteiger partial charge in [-0.1, -0.05) is 39.0 Å². The molecule has 0 aromatic heterocycles. The van der Waals surface area contributed by atoms with Crippen molar-refractivity contribution in [2.24, 2.45) is 22.7 Å². The van der Waals surface area contributed by atoms with Crippen molar-refractivity contribution in [1.29, 1.82) is 0 Å². The molecule has 5 fully saturated rings. The Morgan fingerprint density at radius 1 is 1.03 bits per heavy atom. The highest BCUT2D eigenvalue weighted by molar-refractivity contribution is 5.89.